The Hall–Kier alpha value is -3.00. The number of aromatic nitrogens is 3. The summed E-state index contributed by atoms with van der Waals surface area (Å²) >= 11 is 0. The molecular formula is C26H37N7O. The Balaban J connectivity index is 1.50. The molecule has 0 aliphatic carbocycles. The average Bonchev–Trinajstić information content (AvgIpc) is 3.18. The van der Waals surface area contributed by atoms with Gasteiger partial charge in [-0.15, -0.1) is 5.10 Å². The van der Waals surface area contributed by atoms with E-state index in [4.69, 9.17) is 15.6 Å². The van der Waals surface area contributed by atoms with Crippen LogP contribution in [0.2, 0.25) is 0 Å². The van der Waals surface area contributed by atoms with Crippen molar-refractivity contribution in [3.8, 4) is 11.4 Å². The third-order valence-electron chi connectivity index (χ3n) is 7.40. The minimum Gasteiger partial charge on any atom is -0.494 e. The van der Waals surface area contributed by atoms with Crippen molar-refractivity contribution < 1.29 is 4.74 Å². The molecule has 3 aromatic rings. The molecule has 2 aliphatic rings. The molecular weight excluding hydrogens is 426 g/mol. The fourth-order valence-corrected chi connectivity index (χ4v) is 5.71. The number of likely N-dealkylation sites (tertiary alicyclic amines) is 1. The van der Waals surface area contributed by atoms with Crippen molar-refractivity contribution in [3.05, 3.63) is 30.0 Å². The van der Waals surface area contributed by atoms with E-state index >= 15 is 0 Å². The minimum absolute atomic E-state index is 0.644. The van der Waals surface area contributed by atoms with E-state index in [1.54, 1.807) is 0 Å². The summed E-state index contributed by atoms with van der Waals surface area (Å²) in [5, 5.41) is 14.7. The normalized spacial score (nSPS) is 17.9. The lowest BCUT2D eigenvalue weighted by atomic mass is 9.99. The number of piperidine rings is 2. The van der Waals surface area contributed by atoms with Crippen LogP contribution in [-0.4, -0.2) is 65.5 Å². The van der Waals surface area contributed by atoms with Gasteiger partial charge in [-0.2, -0.15) is 5.10 Å². The third-order valence-corrected chi connectivity index (χ3v) is 7.40. The summed E-state index contributed by atoms with van der Waals surface area (Å²) < 4.78 is 7.70. The summed E-state index contributed by atoms with van der Waals surface area (Å²) in [7, 11) is 1.95. The van der Waals surface area contributed by atoms with Crippen LogP contribution in [-0.2, 0) is 0 Å². The smallest absolute Gasteiger partial charge is 0.163 e. The minimum atomic E-state index is 0.644. The van der Waals surface area contributed by atoms with E-state index in [9.17, 15) is 0 Å². The highest BCUT2D eigenvalue weighted by atomic mass is 16.5. The number of anilines is 3. The van der Waals surface area contributed by atoms with Gasteiger partial charge in [0.1, 0.15) is 17.4 Å². The van der Waals surface area contributed by atoms with Crippen LogP contribution < -0.4 is 20.7 Å². The molecule has 0 saturated carbocycles. The molecule has 2 aromatic heterocycles. The number of aryl methyl sites for hydroxylation is 1. The molecule has 4 heterocycles. The SMILES string of the molecule is CCOc1ccc(-n2c(N)c3c(C)nnc(N4CCC(N5CCCCC5)CC4)c3c2NC)cc1. The van der Waals surface area contributed by atoms with Crippen molar-refractivity contribution in [2.24, 2.45) is 0 Å². The molecule has 0 spiro atoms. The zero-order valence-corrected chi connectivity index (χ0v) is 20.7. The number of nitrogen functional groups attached to an aromatic ring is 1. The summed E-state index contributed by atoms with van der Waals surface area (Å²) in [6.45, 7) is 9.11. The molecule has 8 heteroatoms. The number of fused-ring (bicyclic) bond motifs is 1. The number of ether oxygens (including phenoxy) is 1. The molecule has 2 saturated heterocycles. The molecule has 2 fully saturated rings. The van der Waals surface area contributed by atoms with Gasteiger partial charge in [0.2, 0.25) is 0 Å². The van der Waals surface area contributed by atoms with Crippen LogP contribution in [0.1, 0.15) is 44.7 Å². The second-order valence-electron chi connectivity index (χ2n) is 9.42. The number of benzene rings is 1. The number of hydrogen-bond acceptors (Lipinski definition) is 7. The average molecular weight is 464 g/mol. The van der Waals surface area contributed by atoms with Crippen LogP contribution in [0.4, 0.5) is 17.5 Å². The molecule has 8 nitrogen and oxygen atoms in total. The largest absolute Gasteiger partial charge is 0.494 e. The van der Waals surface area contributed by atoms with Crippen molar-refractivity contribution in [3.63, 3.8) is 0 Å². The Bertz CT molecular complexity index is 1130. The van der Waals surface area contributed by atoms with Crippen molar-refractivity contribution in [2.45, 2.75) is 52.0 Å². The summed E-state index contributed by atoms with van der Waals surface area (Å²) in [6, 6.07) is 8.74. The molecule has 1 aromatic carbocycles. The van der Waals surface area contributed by atoms with Gasteiger partial charge in [0.15, 0.2) is 5.82 Å². The second kappa shape index (κ2) is 9.70. The Labute approximate surface area is 202 Å². The van der Waals surface area contributed by atoms with E-state index in [1.807, 2.05) is 45.2 Å². The third kappa shape index (κ3) is 4.04. The van der Waals surface area contributed by atoms with Crippen LogP contribution >= 0.6 is 0 Å². The fraction of sp³-hybridized carbons (Fsp3) is 0.538. The van der Waals surface area contributed by atoms with Gasteiger partial charge >= 0.3 is 0 Å². The van der Waals surface area contributed by atoms with Crippen molar-refractivity contribution >= 4 is 28.2 Å². The van der Waals surface area contributed by atoms with E-state index in [0.29, 0.717) is 18.5 Å². The first-order valence-electron chi connectivity index (χ1n) is 12.7. The van der Waals surface area contributed by atoms with Gasteiger partial charge in [-0.3, -0.25) is 4.57 Å². The number of nitrogens with zero attached hydrogens (tertiary/aromatic N) is 5. The van der Waals surface area contributed by atoms with Gasteiger partial charge in [0.05, 0.1) is 23.1 Å². The molecule has 0 radical (unpaired) electrons. The van der Waals surface area contributed by atoms with Crippen molar-refractivity contribution in [2.75, 3.05) is 55.8 Å². The van der Waals surface area contributed by atoms with E-state index in [0.717, 1.165) is 52.6 Å². The number of hydrogen-bond donors (Lipinski definition) is 2. The van der Waals surface area contributed by atoms with Crippen molar-refractivity contribution in [1.82, 2.24) is 19.7 Å². The topological polar surface area (TPSA) is 84.5 Å². The van der Waals surface area contributed by atoms with Gasteiger partial charge in [0, 0.05) is 31.9 Å². The summed E-state index contributed by atoms with van der Waals surface area (Å²) in [5.41, 5.74) is 8.59. The Morgan fingerprint density at radius 1 is 1.00 bits per heavy atom. The highest BCUT2D eigenvalue weighted by Gasteiger charge is 2.29. The Morgan fingerprint density at radius 2 is 1.71 bits per heavy atom. The first-order chi connectivity index (χ1) is 16.6. The van der Waals surface area contributed by atoms with E-state index < -0.39 is 0 Å². The van der Waals surface area contributed by atoms with Gasteiger partial charge in [-0.25, -0.2) is 0 Å². The Kier molecular flexibility index (Phi) is 6.50. The zero-order chi connectivity index (χ0) is 23.7. The first kappa shape index (κ1) is 22.8. The molecule has 182 valence electrons. The summed E-state index contributed by atoms with van der Waals surface area (Å²) in [5.74, 6) is 3.41. The molecule has 0 amide bonds. The van der Waals surface area contributed by atoms with E-state index in [-0.39, 0.29) is 0 Å². The first-order valence-corrected chi connectivity index (χ1v) is 12.7. The van der Waals surface area contributed by atoms with Crippen LogP contribution in [0.15, 0.2) is 24.3 Å². The van der Waals surface area contributed by atoms with Crippen LogP contribution in [0, 0.1) is 6.92 Å². The molecule has 0 unspecified atom stereocenters. The van der Waals surface area contributed by atoms with Crippen LogP contribution in [0.25, 0.3) is 16.5 Å². The second-order valence-corrected chi connectivity index (χ2v) is 9.42. The summed E-state index contributed by atoms with van der Waals surface area (Å²) in [6.07, 6.45) is 6.40. The molecule has 5 rings (SSSR count). The van der Waals surface area contributed by atoms with Crippen LogP contribution in [0.3, 0.4) is 0 Å². The van der Waals surface area contributed by atoms with E-state index in [2.05, 4.69) is 24.8 Å². The maximum Gasteiger partial charge on any atom is 0.163 e. The predicted octanol–water partition coefficient (Wildman–Crippen LogP) is 4.21. The van der Waals surface area contributed by atoms with Gasteiger partial charge in [0.25, 0.3) is 0 Å². The van der Waals surface area contributed by atoms with Crippen LogP contribution in [0.5, 0.6) is 5.75 Å². The Morgan fingerprint density at radius 3 is 2.35 bits per heavy atom. The maximum absolute atomic E-state index is 6.76. The van der Waals surface area contributed by atoms with Gasteiger partial charge < -0.3 is 25.6 Å². The zero-order valence-electron chi connectivity index (χ0n) is 20.7. The van der Waals surface area contributed by atoms with Gasteiger partial charge in [-0.05, 0) is 76.9 Å². The lowest BCUT2D eigenvalue weighted by Gasteiger charge is -2.40. The molecule has 0 atom stereocenters. The molecule has 0 bridgehead atoms. The number of rotatable bonds is 6. The lowest BCUT2D eigenvalue weighted by Crippen LogP contribution is -2.47. The quantitative estimate of drug-likeness (QED) is 0.567. The van der Waals surface area contributed by atoms with Crippen molar-refractivity contribution in [1.29, 1.82) is 0 Å². The number of nitrogens with one attached hydrogen (secondary N) is 1. The molecule has 3 N–H and O–H groups in total. The van der Waals surface area contributed by atoms with E-state index in [1.165, 1.54) is 45.2 Å². The standard InChI is InChI=1S/C26H37N7O/c1-4-34-21-10-8-20(9-11-21)33-24(27)22-18(2)29-30-26(23(22)25(33)28-3)32-16-12-19(13-17-32)31-14-6-5-7-15-31/h8-11,19,28H,4-7,12-17,27H2,1-3H3. The summed E-state index contributed by atoms with van der Waals surface area (Å²) in [4.78, 5) is 5.11. The monoisotopic (exact) mass is 463 g/mol. The molecule has 2 aliphatic heterocycles. The fourth-order valence-electron chi connectivity index (χ4n) is 5.71. The molecule has 34 heavy (non-hydrogen) atoms. The highest BCUT2D eigenvalue weighted by Crippen LogP contribution is 2.41. The lowest BCUT2D eigenvalue weighted by molar-refractivity contribution is 0.141. The highest BCUT2D eigenvalue weighted by molar-refractivity contribution is 6.09. The maximum atomic E-state index is 6.76. The van der Waals surface area contributed by atoms with Gasteiger partial charge in [-0.1, -0.05) is 6.42 Å². The predicted molar refractivity (Wildman–Crippen MR) is 139 cm³/mol. The number of nitrogens with two attached hydrogens (primary N) is 1.